The Hall–Kier alpha value is -2.04. The maximum absolute atomic E-state index is 11.7. The molecule has 0 fully saturated rings. The van der Waals surface area contributed by atoms with Gasteiger partial charge in [-0.1, -0.05) is 19.9 Å². The minimum atomic E-state index is -0.665. The van der Waals surface area contributed by atoms with E-state index in [1.807, 2.05) is 13.8 Å². The van der Waals surface area contributed by atoms with Crippen molar-refractivity contribution in [1.29, 1.82) is 0 Å². The van der Waals surface area contributed by atoms with Crippen LogP contribution in [0.2, 0.25) is 0 Å². The number of rotatable bonds is 4. The van der Waals surface area contributed by atoms with Crippen LogP contribution in [0.15, 0.2) is 6.07 Å². The standard InChI is InChI=1S/C14H18O5/c1-5-8-7-9(6-2)11(14(17)19-4)12(15)10(8)13(16)18-3/h7,15H,5-6H2,1-4H3. The molecule has 0 amide bonds. The lowest BCUT2D eigenvalue weighted by Gasteiger charge is -2.15. The molecule has 0 aliphatic rings. The van der Waals surface area contributed by atoms with Crippen molar-refractivity contribution in [2.75, 3.05) is 14.2 Å². The van der Waals surface area contributed by atoms with Gasteiger partial charge in [-0.3, -0.25) is 0 Å². The Morgan fingerprint density at radius 3 is 1.63 bits per heavy atom. The Labute approximate surface area is 112 Å². The highest BCUT2D eigenvalue weighted by Gasteiger charge is 2.26. The Kier molecular flexibility index (Phi) is 4.92. The van der Waals surface area contributed by atoms with Crippen LogP contribution in [0, 0.1) is 0 Å². The van der Waals surface area contributed by atoms with Gasteiger partial charge in [0.1, 0.15) is 16.9 Å². The van der Waals surface area contributed by atoms with Gasteiger partial charge < -0.3 is 14.6 Å². The molecule has 0 saturated heterocycles. The van der Waals surface area contributed by atoms with Crippen molar-refractivity contribution in [3.8, 4) is 5.75 Å². The van der Waals surface area contributed by atoms with Crippen LogP contribution >= 0.6 is 0 Å². The molecule has 0 aromatic heterocycles. The second kappa shape index (κ2) is 6.22. The van der Waals surface area contributed by atoms with E-state index in [9.17, 15) is 14.7 Å². The second-order valence-electron chi connectivity index (χ2n) is 3.98. The van der Waals surface area contributed by atoms with Gasteiger partial charge in [0.15, 0.2) is 0 Å². The van der Waals surface area contributed by atoms with Gasteiger partial charge in [-0.05, 0) is 24.0 Å². The first-order valence-electron chi connectivity index (χ1n) is 6.06. The summed E-state index contributed by atoms with van der Waals surface area (Å²) >= 11 is 0. The number of aromatic hydroxyl groups is 1. The highest BCUT2D eigenvalue weighted by atomic mass is 16.5. The number of phenolic OH excluding ortho intramolecular Hbond substituents is 1. The van der Waals surface area contributed by atoms with Crippen molar-refractivity contribution in [3.05, 3.63) is 28.3 Å². The summed E-state index contributed by atoms with van der Waals surface area (Å²) in [5, 5.41) is 10.2. The summed E-state index contributed by atoms with van der Waals surface area (Å²) in [6.45, 7) is 3.72. The first kappa shape index (κ1) is 15.0. The molecule has 0 aliphatic heterocycles. The van der Waals surface area contributed by atoms with Crippen LogP contribution in [-0.2, 0) is 22.3 Å². The Morgan fingerprint density at radius 2 is 1.37 bits per heavy atom. The molecule has 19 heavy (non-hydrogen) atoms. The zero-order valence-corrected chi connectivity index (χ0v) is 11.6. The largest absolute Gasteiger partial charge is 0.506 e. The summed E-state index contributed by atoms with van der Waals surface area (Å²) in [6.07, 6.45) is 1.10. The molecule has 1 aromatic carbocycles. The topological polar surface area (TPSA) is 72.8 Å². The molecule has 1 N–H and O–H groups in total. The highest BCUT2D eigenvalue weighted by molar-refractivity contribution is 6.02. The van der Waals surface area contributed by atoms with E-state index in [-0.39, 0.29) is 16.9 Å². The van der Waals surface area contributed by atoms with E-state index in [1.54, 1.807) is 6.07 Å². The van der Waals surface area contributed by atoms with Crippen LogP contribution in [0.1, 0.15) is 45.7 Å². The molecule has 5 heteroatoms. The highest BCUT2D eigenvalue weighted by Crippen LogP contribution is 2.31. The van der Waals surface area contributed by atoms with Crippen molar-refractivity contribution in [1.82, 2.24) is 0 Å². The van der Waals surface area contributed by atoms with E-state index in [4.69, 9.17) is 0 Å². The quantitative estimate of drug-likeness (QED) is 0.845. The van der Waals surface area contributed by atoms with Crippen LogP contribution < -0.4 is 0 Å². The molecule has 0 spiro atoms. The van der Waals surface area contributed by atoms with Crippen LogP contribution in [0.5, 0.6) is 5.75 Å². The first-order chi connectivity index (χ1) is 9.01. The fourth-order valence-corrected chi connectivity index (χ4v) is 2.00. The number of ether oxygens (including phenoxy) is 2. The van der Waals surface area contributed by atoms with Gasteiger partial charge >= 0.3 is 11.9 Å². The summed E-state index contributed by atoms with van der Waals surface area (Å²) in [6, 6.07) is 1.73. The van der Waals surface area contributed by atoms with Crippen molar-refractivity contribution >= 4 is 11.9 Å². The molecule has 5 nitrogen and oxygen atoms in total. The lowest BCUT2D eigenvalue weighted by atomic mass is 9.94. The zero-order chi connectivity index (χ0) is 14.6. The van der Waals surface area contributed by atoms with Crippen molar-refractivity contribution < 1.29 is 24.2 Å². The Morgan fingerprint density at radius 1 is 1.00 bits per heavy atom. The fourth-order valence-electron chi connectivity index (χ4n) is 2.00. The van der Waals surface area contributed by atoms with Crippen LogP contribution in [0.4, 0.5) is 0 Å². The monoisotopic (exact) mass is 266 g/mol. The Bertz CT molecular complexity index is 463. The summed E-state index contributed by atoms with van der Waals surface area (Å²) in [5.74, 6) is -1.70. The SMILES string of the molecule is CCc1cc(CC)c(C(=O)OC)c(O)c1C(=O)OC. The molecule has 1 rings (SSSR count). The Balaban J connectivity index is 3.64. The van der Waals surface area contributed by atoms with E-state index in [0.717, 1.165) is 0 Å². The number of carbonyl (C=O) groups excluding carboxylic acids is 2. The predicted octanol–water partition coefficient (Wildman–Crippen LogP) is 2.09. The maximum atomic E-state index is 11.7. The first-order valence-corrected chi connectivity index (χ1v) is 6.06. The number of esters is 2. The third-order valence-corrected chi connectivity index (χ3v) is 3.01. The molecule has 0 heterocycles. The van der Waals surface area contributed by atoms with Crippen LogP contribution in [-0.4, -0.2) is 31.3 Å². The summed E-state index contributed by atoms with van der Waals surface area (Å²) < 4.78 is 9.30. The van der Waals surface area contributed by atoms with E-state index in [2.05, 4.69) is 9.47 Å². The molecule has 1 aromatic rings. The molecule has 0 radical (unpaired) electrons. The van der Waals surface area contributed by atoms with Gasteiger partial charge in [-0.15, -0.1) is 0 Å². The molecule has 0 unspecified atom stereocenters. The number of carbonyl (C=O) groups is 2. The molecule has 0 saturated carbocycles. The van der Waals surface area contributed by atoms with E-state index in [1.165, 1.54) is 14.2 Å². The van der Waals surface area contributed by atoms with E-state index in [0.29, 0.717) is 24.0 Å². The summed E-state index contributed by atoms with van der Waals surface area (Å²) in [5.41, 5.74) is 1.35. The maximum Gasteiger partial charge on any atom is 0.341 e. The lowest BCUT2D eigenvalue weighted by molar-refractivity contribution is 0.0591. The number of hydrogen-bond donors (Lipinski definition) is 1. The van der Waals surface area contributed by atoms with E-state index >= 15 is 0 Å². The van der Waals surface area contributed by atoms with Gasteiger partial charge in [0, 0.05) is 0 Å². The molecule has 104 valence electrons. The van der Waals surface area contributed by atoms with Crippen LogP contribution in [0.3, 0.4) is 0 Å². The minimum Gasteiger partial charge on any atom is -0.506 e. The normalized spacial score (nSPS) is 10.1. The van der Waals surface area contributed by atoms with Gasteiger partial charge in [-0.25, -0.2) is 9.59 Å². The zero-order valence-electron chi connectivity index (χ0n) is 11.6. The predicted molar refractivity (Wildman–Crippen MR) is 69.5 cm³/mol. The lowest BCUT2D eigenvalue weighted by Crippen LogP contribution is -2.13. The molecule has 0 aliphatic carbocycles. The number of benzene rings is 1. The van der Waals surface area contributed by atoms with Crippen LogP contribution in [0.25, 0.3) is 0 Å². The minimum absolute atomic E-state index is 0.0302. The van der Waals surface area contributed by atoms with E-state index < -0.39 is 11.9 Å². The van der Waals surface area contributed by atoms with Crippen molar-refractivity contribution in [3.63, 3.8) is 0 Å². The number of phenols is 1. The van der Waals surface area contributed by atoms with Gasteiger partial charge in [-0.2, -0.15) is 0 Å². The smallest absolute Gasteiger partial charge is 0.341 e. The molecule has 0 atom stereocenters. The summed E-state index contributed by atoms with van der Waals surface area (Å²) in [7, 11) is 2.46. The summed E-state index contributed by atoms with van der Waals surface area (Å²) in [4.78, 5) is 23.5. The number of hydrogen-bond acceptors (Lipinski definition) is 5. The number of aryl methyl sites for hydroxylation is 2. The van der Waals surface area contributed by atoms with Gasteiger partial charge in [0.05, 0.1) is 14.2 Å². The van der Waals surface area contributed by atoms with Gasteiger partial charge in [0.2, 0.25) is 0 Å². The molecular formula is C14H18O5. The number of methoxy groups -OCH3 is 2. The third-order valence-electron chi connectivity index (χ3n) is 3.01. The molecule has 0 bridgehead atoms. The second-order valence-corrected chi connectivity index (χ2v) is 3.98. The average Bonchev–Trinajstić information content (AvgIpc) is 2.44. The average molecular weight is 266 g/mol. The van der Waals surface area contributed by atoms with Crippen molar-refractivity contribution in [2.45, 2.75) is 26.7 Å². The third kappa shape index (κ3) is 2.70. The molecular weight excluding hydrogens is 248 g/mol. The fraction of sp³-hybridized carbons (Fsp3) is 0.429. The van der Waals surface area contributed by atoms with Gasteiger partial charge in [0.25, 0.3) is 0 Å². The van der Waals surface area contributed by atoms with Crippen molar-refractivity contribution in [2.24, 2.45) is 0 Å².